The molecule has 0 fully saturated rings. The van der Waals surface area contributed by atoms with Crippen LogP contribution in [0.3, 0.4) is 0 Å². The number of anilines is 1. The lowest BCUT2D eigenvalue weighted by molar-refractivity contribution is -0.131. The van der Waals surface area contributed by atoms with Gasteiger partial charge in [-0.15, -0.1) is 0 Å². The Hall–Kier alpha value is -3.01. The summed E-state index contributed by atoms with van der Waals surface area (Å²) < 4.78 is 5.12. The molecule has 0 aliphatic rings. The van der Waals surface area contributed by atoms with Gasteiger partial charge in [0.25, 0.3) is 0 Å². The van der Waals surface area contributed by atoms with Crippen LogP contribution in [0.25, 0.3) is 18.2 Å². The normalized spacial score (nSPS) is 11.1. The number of benzene rings is 2. The van der Waals surface area contributed by atoms with E-state index in [0.717, 1.165) is 28.5 Å². The van der Waals surface area contributed by atoms with Crippen molar-refractivity contribution in [2.24, 2.45) is 0 Å². The van der Waals surface area contributed by atoms with Crippen molar-refractivity contribution in [3.8, 4) is 5.75 Å². The largest absolute Gasteiger partial charge is 0.497 e. The minimum atomic E-state index is -0.993. The Kier molecular flexibility index (Phi) is 4.98. The second-order valence-corrected chi connectivity index (χ2v) is 4.63. The van der Waals surface area contributed by atoms with Crippen LogP contribution in [0.1, 0.15) is 16.7 Å². The van der Waals surface area contributed by atoms with Gasteiger partial charge in [-0.2, -0.15) is 0 Å². The fourth-order valence-electron chi connectivity index (χ4n) is 2.00. The van der Waals surface area contributed by atoms with E-state index in [0.29, 0.717) is 5.69 Å². The van der Waals surface area contributed by atoms with Crippen LogP contribution in [0.5, 0.6) is 5.75 Å². The van der Waals surface area contributed by atoms with Gasteiger partial charge >= 0.3 is 5.97 Å². The summed E-state index contributed by atoms with van der Waals surface area (Å²) in [5, 5.41) is 8.74. The Morgan fingerprint density at radius 1 is 1.09 bits per heavy atom. The Bertz CT molecular complexity index is 716. The number of methoxy groups -OCH3 is 1. The molecule has 0 heterocycles. The molecule has 0 saturated carbocycles. The van der Waals surface area contributed by atoms with E-state index in [4.69, 9.17) is 15.6 Å². The summed E-state index contributed by atoms with van der Waals surface area (Å²) in [7, 11) is 1.62. The number of hydrogen-bond acceptors (Lipinski definition) is 3. The topological polar surface area (TPSA) is 72.5 Å². The molecule has 112 valence electrons. The van der Waals surface area contributed by atoms with Gasteiger partial charge in [-0.1, -0.05) is 36.4 Å². The quantitative estimate of drug-likeness (QED) is 0.502. The average Bonchev–Trinajstić information content (AvgIpc) is 2.52. The van der Waals surface area contributed by atoms with Crippen molar-refractivity contribution in [3.63, 3.8) is 0 Å². The summed E-state index contributed by atoms with van der Waals surface area (Å²) in [6.45, 7) is 0. The molecule has 0 aliphatic heterocycles. The monoisotopic (exact) mass is 295 g/mol. The van der Waals surface area contributed by atoms with Crippen molar-refractivity contribution in [2.75, 3.05) is 12.8 Å². The third-order valence-corrected chi connectivity index (χ3v) is 3.14. The number of hydrogen-bond donors (Lipinski definition) is 2. The number of rotatable bonds is 5. The molecule has 3 N–H and O–H groups in total. The van der Waals surface area contributed by atoms with Gasteiger partial charge in [-0.25, -0.2) is 4.79 Å². The van der Waals surface area contributed by atoms with Gasteiger partial charge in [0.1, 0.15) is 5.75 Å². The van der Waals surface area contributed by atoms with Crippen molar-refractivity contribution >= 4 is 29.9 Å². The lowest BCUT2D eigenvalue weighted by Gasteiger charge is -2.05. The number of ether oxygens (including phenoxy) is 1. The fraction of sp³-hybridized carbons (Fsp3) is 0.0556. The molecule has 2 aromatic carbocycles. The molecule has 0 aliphatic carbocycles. The minimum Gasteiger partial charge on any atom is -0.497 e. The predicted octanol–water partition coefficient (Wildman–Crippen LogP) is 3.55. The Morgan fingerprint density at radius 2 is 1.82 bits per heavy atom. The molecule has 0 atom stereocenters. The highest BCUT2D eigenvalue weighted by Gasteiger charge is 2.01. The molecule has 0 saturated heterocycles. The Morgan fingerprint density at radius 3 is 2.45 bits per heavy atom. The number of carboxylic acids is 1. The standard InChI is InChI=1S/C18H17NO3/c1-22-15-9-5-13(6-10-15)7-11-16-14(8-12-18(20)21)3-2-4-17(16)19/h2-12H,19H2,1H3,(H,20,21)/b11-7+,12-8+. The second kappa shape index (κ2) is 7.13. The fourth-order valence-corrected chi connectivity index (χ4v) is 2.00. The van der Waals surface area contributed by atoms with E-state index in [1.54, 1.807) is 19.2 Å². The first-order chi connectivity index (χ1) is 10.6. The summed E-state index contributed by atoms with van der Waals surface area (Å²) in [6, 6.07) is 13.0. The molecule has 0 bridgehead atoms. The van der Waals surface area contributed by atoms with Crippen molar-refractivity contribution < 1.29 is 14.6 Å². The molecule has 2 aromatic rings. The van der Waals surface area contributed by atoms with Crippen LogP contribution in [0.2, 0.25) is 0 Å². The van der Waals surface area contributed by atoms with Crippen molar-refractivity contribution in [1.29, 1.82) is 0 Å². The third-order valence-electron chi connectivity index (χ3n) is 3.14. The predicted molar refractivity (Wildman–Crippen MR) is 89.4 cm³/mol. The van der Waals surface area contributed by atoms with Crippen molar-refractivity contribution in [1.82, 2.24) is 0 Å². The van der Waals surface area contributed by atoms with Gasteiger partial charge in [-0.05, 0) is 35.4 Å². The number of aliphatic carboxylic acids is 1. The van der Waals surface area contributed by atoms with Gasteiger partial charge in [-0.3, -0.25) is 0 Å². The highest BCUT2D eigenvalue weighted by Crippen LogP contribution is 2.22. The zero-order chi connectivity index (χ0) is 15.9. The minimum absolute atomic E-state index is 0.595. The molecule has 22 heavy (non-hydrogen) atoms. The second-order valence-electron chi connectivity index (χ2n) is 4.63. The van der Waals surface area contributed by atoms with Gasteiger partial charge in [0.15, 0.2) is 0 Å². The number of nitrogens with two attached hydrogens (primary N) is 1. The molecular formula is C18H17NO3. The van der Waals surface area contributed by atoms with E-state index in [9.17, 15) is 4.79 Å². The van der Waals surface area contributed by atoms with E-state index in [2.05, 4.69) is 0 Å². The van der Waals surface area contributed by atoms with E-state index in [1.807, 2.05) is 42.5 Å². The summed E-state index contributed by atoms with van der Waals surface area (Å²) in [4.78, 5) is 10.7. The zero-order valence-electron chi connectivity index (χ0n) is 12.2. The van der Waals surface area contributed by atoms with Crippen LogP contribution >= 0.6 is 0 Å². The van der Waals surface area contributed by atoms with Gasteiger partial charge in [0.2, 0.25) is 0 Å². The van der Waals surface area contributed by atoms with Crippen LogP contribution in [-0.2, 0) is 4.79 Å². The molecule has 4 nitrogen and oxygen atoms in total. The summed E-state index contributed by atoms with van der Waals surface area (Å²) in [5.74, 6) is -0.200. The average molecular weight is 295 g/mol. The molecule has 0 aromatic heterocycles. The molecule has 2 rings (SSSR count). The van der Waals surface area contributed by atoms with Crippen LogP contribution in [0.4, 0.5) is 5.69 Å². The number of nitrogen functional groups attached to an aromatic ring is 1. The molecule has 4 heteroatoms. The first-order valence-electron chi connectivity index (χ1n) is 6.72. The molecule has 0 spiro atoms. The molecular weight excluding hydrogens is 278 g/mol. The highest BCUT2D eigenvalue weighted by molar-refractivity contribution is 5.88. The third kappa shape index (κ3) is 3.99. The Labute approximate surface area is 129 Å². The zero-order valence-corrected chi connectivity index (χ0v) is 12.2. The first-order valence-corrected chi connectivity index (χ1v) is 6.72. The smallest absolute Gasteiger partial charge is 0.328 e. The van der Waals surface area contributed by atoms with E-state index in [1.165, 1.54) is 6.08 Å². The maximum atomic E-state index is 10.7. The van der Waals surface area contributed by atoms with E-state index in [-0.39, 0.29) is 0 Å². The lowest BCUT2D eigenvalue weighted by atomic mass is 10.0. The van der Waals surface area contributed by atoms with Crippen molar-refractivity contribution in [2.45, 2.75) is 0 Å². The number of carbonyl (C=O) groups is 1. The van der Waals surface area contributed by atoms with Gasteiger partial charge < -0.3 is 15.6 Å². The van der Waals surface area contributed by atoms with Crippen LogP contribution in [-0.4, -0.2) is 18.2 Å². The molecule has 0 amide bonds. The van der Waals surface area contributed by atoms with Crippen molar-refractivity contribution in [3.05, 3.63) is 65.2 Å². The first kappa shape index (κ1) is 15.4. The summed E-state index contributed by atoms with van der Waals surface area (Å²) in [5.41, 5.74) is 9.12. The summed E-state index contributed by atoms with van der Waals surface area (Å²) >= 11 is 0. The Balaban J connectivity index is 2.31. The SMILES string of the molecule is COc1ccc(/C=C/c2c(N)cccc2/C=C/C(=O)O)cc1. The van der Waals surface area contributed by atoms with Crippen LogP contribution < -0.4 is 10.5 Å². The van der Waals surface area contributed by atoms with Gasteiger partial charge in [0.05, 0.1) is 7.11 Å². The molecule has 0 unspecified atom stereocenters. The summed E-state index contributed by atoms with van der Waals surface area (Å²) in [6.07, 6.45) is 6.42. The van der Waals surface area contributed by atoms with Crippen LogP contribution in [0.15, 0.2) is 48.5 Å². The van der Waals surface area contributed by atoms with Gasteiger partial charge in [0, 0.05) is 17.3 Å². The highest BCUT2D eigenvalue weighted by atomic mass is 16.5. The molecule has 0 radical (unpaired) electrons. The maximum Gasteiger partial charge on any atom is 0.328 e. The van der Waals surface area contributed by atoms with E-state index >= 15 is 0 Å². The maximum absolute atomic E-state index is 10.7. The van der Waals surface area contributed by atoms with Crippen LogP contribution in [0, 0.1) is 0 Å². The lowest BCUT2D eigenvalue weighted by Crippen LogP contribution is -1.93. The number of carboxylic acid groups (broad SMARTS) is 1. The van der Waals surface area contributed by atoms with E-state index < -0.39 is 5.97 Å².